The van der Waals surface area contributed by atoms with Crippen LogP contribution in [-0.2, 0) is 9.59 Å². The van der Waals surface area contributed by atoms with Crippen LogP contribution in [0.1, 0.15) is 24.2 Å². The van der Waals surface area contributed by atoms with E-state index < -0.39 is 0 Å². The van der Waals surface area contributed by atoms with Crippen molar-refractivity contribution in [3.05, 3.63) is 84.4 Å². The quantitative estimate of drug-likeness (QED) is 0.495. The fourth-order valence-electron chi connectivity index (χ4n) is 3.20. The number of carbonyl (C=O) groups excluding carboxylic acids is 3. The summed E-state index contributed by atoms with van der Waals surface area (Å²) in [5.41, 5.74) is 3.30. The summed E-state index contributed by atoms with van der Waals surface area (Å²) in [6, 6.07) is 23.4. The number of anilines is 4. The van der Waals surface area contributed by atoms with E-state index in [2.05, 4.69) is 16.0 Å². The van der Waals surface area contributed by atoms with Crippen molar-refractivity contribution in [2.45, 2.75) is 13.8 Å². The zero-order valence-electron chi connectivity index (χ0n) is 18.1. The molecule has 3 aromatic carbocycles. The third-order valence-corrected chi connectivity index (χ3v) is 4.68. The highest BCUT2D eigenvalue weighted by Gasteiger charge is 2.16. The summed E-state index contributed by atoms with van der Waals surface area (Å²) in [7, 11) is 0. The maximum atomic E-state index is 13.0. The van der Waals surface area contributed by atoms with Crippen molar-refractivity contribution in [2.75, 3.05) is 33.9 Å². The predicted molar refractivity (Wildman–Crippen MR) is 128 cm³/mol. The van der Waals surface area contributed by atoms with Crippen molar-refractivity contribution in [3.8, 4) is 0 Å². The fraction of sp³-hybridized carbons (Fsp3) is 0.160. The normalized spacial score (nSPS) is 10.2. The molecule has 0 radical (unpaired) electrons. The molecule has 0 aliphatic carbocycles. The van der Waals surface area contributed by atoms with Gasteiger partial charge in [-0.3, -0.25) is 14.4 Å². The van der Waals surface area contributed by atoms with E-state index in [9.17, 15) is 14.4 Å². The third kappa shape index (κ3) is 6.18. The van der Waals surface area contributed by atoms with Gasteiger partial charge in [-0.05, 0) is 61.5 Å². The summed E-state index contributed by atoms with van der Waals surface area (Å²) >= 11 is 0. The van der Waals surface area contributed by atoms with Gasteiger partial charge < -0.3 is 20.9 Å². The molecule has 0 fully saturated rings. The van der Waals surface area contributed by atoms with Gasteiger partial charge in [0, 0.05) is 41.8 Å². The molecule has 0 aromatic heterocycles. The molecule has 3 rings (SSSR count). The van der Waals surface area contributed by atoms with Crippen molar-refractivity contribution in [2.24, 2.45) is 0 Å². The van der Waals surface area contributed by atoms with E-state index in [0.29, 0.717) is 23.5 Å². The Morgan fingerprint density at radius 1 is 0.781 bits per heavy atom. The third-order valence-electron chi connectivity index (χ3n) is 4.68. The van der Waals surface area contributed by atoms with Gasteiger partial charge in [0.15, 0.2) is 0 Å². The van der Waals surface area contributed by atoms with E-state index in [1.54, 1.807) is 53.4 Å². The van der Waals surface area contributed by atoms with Gasteiger partial charge in [0.25, 0.3) is 5.91 Å². The minimum Gasteiger partial charge on any atom is -0.376 e. The number of nitrogens with zero attached hydrogens (tertiary/aromatic N) is 1. The predicted octanol–water partition coefficient (Wildman–Crippen LogP) is 4.36. The zero-order chi connectivity index (χ0) is 22.9. The van der Waals surface area contributed by atoms with Gasteiger partial charge in [-0.2, -0.15) is 0 Å². The molecule has 7 nitrogen and oxygen atoms in total. The van der Waals surface area contributed by atoms with Crippen molar-refractivity contribution in [1.82, 2.24) is 0 Å². The number of benzene rings is 3. The Morgan fingerprint density at radius 2 is 1.47 bits per heavy atom. The van der Waals surface area contributed by atoms with E-state index in [1.165, 1.54) is 6.92 Å². The average molecular weight is 431 g/mol. The van der Waals surface area contributed by atoms with Gasteiger partial charge in [0.05, 0.1) is 6.54 Å². The van der Waals surface area contributed by atoms with Crippen molar-refractivity contribution >= 4 is 40.5 Å². The molecule has 3 aromatic rings. The van der Waals surface area contributed by atoms with Gasteiger partial charge >= 0.3 is 0 Å². The topological polar surface area (TPSA) is 90.5 Å². The van der Waals surface area contributed by atoms with Crippen molar-refractivity contribution in [1.29, 1.82) is 0 Å². The Kier molecular flexibility index (Phi) is 7.59. The largest absolute Gasteiger partial charge is 0.376 e. The lowest BCUT2D eigenvalue weighted by Crippen LogP contribution is -2.30. The first-order valence-corrected chi connectivity index (χ1v) is 10.3. The molecule has 0 saturated heterocycles. The van der Waals surface area contributed by atoms with Crippen LogP contribution in [0.25, 0.3) is 0 Å². The van der Waals surface area contributed by atoms with Crippen LogP contribution < -0.4 is 20.9 Å². The average Bonchev–Trinajstić information content (AvgIpc) is 2.79. The van der Waals surface area contributed by atoms with E-state index >= 15 is 0 Å². The second kappa shape index (κ2) is 10.8. The minimum atomic E-state index is -0.240. The molecule has 3 amide bonds. The minimum absolute atomic E-state index is 0.0583. The van der Waals surface area contributed by atoms with Crippen LogP contribution in [-0.4, -0.2) is 30.8 Å². The molecule has 0 unspecified atom stereocenters. The molecule has 32 heavy (non-hydrogen) atoms. The lowest BCUT2D eigenvalue weighted by molar-refractivity contribution is -0.115. The fourth-order valence-corrected chi connectivity index (χ4v) is 3.20. The Balaban J connectivity index is 1.59. The number of hydrogen-bond acceptors (Lipinski definition) is 4. The van der Waals surface area contributed by atoms with Crippen LogP contribution >= 0.6 is 0 Å². The standard InChI is InChI=1S/C25H26N4O3/c1-3-29(23-10-5-4-6-11-23)25(32)19-8-7-9-22(16-19)28-24(31)17-26-20-12-14-21(15-13-20)27-18(2)30/h4-16,26H,3,17H2,1-2H3,(H,27,30)(H,28,31). The van der Waals surface area contributed by atoms with Gasteiger partial charge in [-0.1, -0.05) is 24.3 Å². The highest BCUT2D eigenvalue weighted by atomic mass is 16.2. The van der Waals surface area contributed by atoms with E-state index in [4.69, 9.17) is 0 Å². The van der Waals surface area contributed by atoms with Gasteiger partial charge in [0.2, 0.25) is 11.8 Å². The first-order valence-electron chi connectivity index (χ1n) is 10.3. The van der Waals surface area contributed by atoms with Crippen LogP contribution in [0.2, 0.25) is 0 Å². The van der Waals surface area contributed by atoms with E-state index in [0.717, 1.165) is 11.4 Å². The number of nitrogens with one attached hydrogen (secondary N) is 3. The van der Waals surface area contributed by atoms with Crippen LogP contribution in [0.15, 0.2) is 78.9 Å². The summed E-state index contributed by atoms with van der Waals surface area (Å²) in [6.45, 7) is 3.96. The van der Waals surface area contributed by atoms with E-state index in [-0.39, 0.29) is 24.3 Å². The maximum absolute atomic E-state index is 13.0. The van der Waals surface area contributed by atoms with Gasteiger partial charge in [-0.25, -0.2) is 0 Å². The molecule has 0 heterocycles. The molecule has 164 valence electrons. The number of rotatable bonds is 8. The van der Waals surface area contributed by atoms with Crippen LogP contribution in [0.3, 0.4) is 0 Å². The molecule has 0 spiro atoms. The lowest BCUT2D eigenvalue weighted by Gasteiger charge is -2.21. The Morgan fingerprint density at radius 3 is 2.12 bits per heavy atom. The molecule has 0 saturated carbocycles. The number of para-hydroxylation sites is 1. The molecular formula is C25H26N4O3. The number of amides is 3. The van der Waals surface area contributed by atoms with Crippen LogP contribution in [0.5, 0.6) is 0 Å². The molecular weight excluding hydrogens is 404 g/mol. The summed E-state index contributed by atoms with van der Waals surface area (Å²) in [4.78, 5) is 38.1. The summed E-state index contributed by atoms with van der Waals surface area (Å²) in [5.74, 6) is -0.514. The summed E-state index contributed by atoms with van der Waals surface area (Å²) in [6.07, 6.45) is 0. The summed E-state index contributed by atoms with van der Waals surface area (Å²) < 4.78 is 0. The second-order valence-corrected chi connectivity index (χ2v) is 7.13. The monoisotopic (exact) mass is 430 g/mol. The highest BCUT2D eigenvalue weighted by Crippen LogP contribution is 2.19. The molecule has 0 aliphatic rings. The highest BCUT2D eigenvalue weighted by molar-refractivity contribution is 6.07. The summed E-state index contributed by atoms with van der Waals surface area (Å²) in [5, 5.41) is 8.53. The van der Waals surface area contributed by atoms with Crippen molar-refractivity contribution in [3.63, 3.8) is 0 Å². The zero-order valence-corrected chi connectivity index (χ0v) is 18.1. The lowest BCUT2D eigenvalue weighted by atomic mass is 10.1. The maximum Gasteiger partial charge on any atom is 0.258 e. The van der Waals surface area contributed by atoms with Crippen LogP contribution in [0.4, 0.5) is 22.7 Å². The first kappa shape index (κ1) is 22.6. The Hall–Kier alpha value is -4.13. The first-order chi connectivity index (χ1) is 15.5. The number of carbonyl (C=O) groups is 3. The SMILES string of the molecule is CCN(C(=O)c1cccc(NC(=O)CNc2ccc(NC(C)=O)cc2)c1)c1ccccc1. The molecule has 3 N–H and O–H groups in total. The molecule has 0 bridgehead atoms. The molecule has 0 aliphatic heterocycles. The van der Waals surface area contributed by atoms with Crippen LogP contribution in [0, 0.1) is 0 Å². The smallest absolute Gasteiger partial charge is 0.258 e. The Bertz CT molecular complexity index is 1080. The van der Waals surface area contributed by atoms with Crippen molar-refractivity contribution < 1.29 is 14.4 Å². The second-order valence-electron chi connectivity index (χ2n) is 7.13. The number of hydrogen-bond donors (Lipinski definition) is 3. The van der Waals surface area contributed by atoms with Gasteiger partial charge in [0.1, 0.15) is 0 Å². The van der Waals surface area contributed by atoms with Gasteiger partial charge in [-0.15, -0.1) is 0 Å². The Labute approximate surface area is 187 Å². The molecule has 7 heteroatoms. The van der Waals surface area contributed by atoms with E-state index in [1.807, 2.05) is 37.3 Å². The molecule has 0 atom stereocenters.